The Balaban J connectivity index is 1.81. The Labute approximate surface area is 167 Å². The van der Waals surface area contributed by atoms with E-state index in [1.165, 1.54) is 23.1 Å². The van der Waals surface area contributed by atoms with Crippen LogP contribution in [0.4, 0.5) is 5.69 Å². The molecule has 0 bridgehead atoms. The second-order valence-electron chi connectivity index (χ2n) is 6.50. The number of anilines is 1. The number of rotatable bonds is 6. The third-order valence-corrected chi connectivity index (χ3v) is 4.35. The van der Waals surface area contributed by atoms with Gasteiger partial charge in [-0.1, -0.05) is 0 Å². The topological polar surface area (TPSA) is 93.2 Å². The maximum atomic E-state index is 12.8. The van der Waals surface area contributed by atoms with Crippen LogP contribution in [0.15, 0.2) is 42.5 Å². The number of amides is 3. The fourth-order valence-corrected chi connectivity index (χ4v) is 2.80. The third kappa shape index (κ3) is 3.96. The Hall–Kier alpha value is -3.68. The van der Waals surface area contributed by atoms with Gasteiger partial charge in [0.1, 0.15) is 5.75 Å². The number of hydrogen-bond donors (Lipinski definition) is 0. The first-order valence-electron chi connectivity index (χ1n) is 8.96. The molecule has 3 amide bonds. The van der Waals surface area contributed by atoms with E-state index < -0.39 is 24.4 Å². The van der Waals surface area contributed by atoms with Crippen LogP contribution < -0.4 is 9.64 Å². The normalized spacial score (nSPS) is 12.6. The van der Waals surface area contributed by atoms with Crippen molar-refractivity contribution in [2.24, 2.45) is 0 Å². The summed E-state index contributed by atoms with van der Waals surface area (Å²) in [5.41, 5.74) is 0.799. The molecule has 8 heteroatoms. The van der Waals surface area contributed by atoms with Crippen LogP contribution in [0.1, 0.15) is 38.0 Å². The largest absolute Gasteiger partial charge is 0.494 e. The number of fused-ring (bicyclic) bond motifs is 1. The smallest absolute Gasteiger partial charge is 0.338 e. The summed E-state index contributed by atoms with van der Waals surface area (Å²) >= 11 is 0. The monoisotopic (exact) mass is 396 g/mol. The van der Waals surface area contributed by atoms with E-state index in [0.29, 0.717) is 18.0 Å². The summed E-state index contributed by atoms with van der Waals surface area (Å²) in [4.78, 5) is 51.6. The van der Waals surface area contributed by atoms with E-state index in [0.717, 1.165) is 4.90 Å². The van der Waals surface area contributed by atoms with Gasteiger partial charge in [-0.3, -0.25) is 14.4 Å². The van der Waals surface area contributed by atoms with Crippen molar-refractivity contribution in [3.8, 4) is 5.75 Å². The van der Waals surface area contributed by atoms with Gasteiger partial charge in [-0.05, 0) is 49.4 Å². The molecule has 0 fully saturated rings. The van der Waals surface area contributed by atoms with Crippen molar-refractivity contribution < 1.29 is 28.7 Å². The molecule has 0 unspecified atom stereocenters. The fourth-order valence-electron chi connectivity index (χ4n) is 2.80. The van der Waals surface area contributed by atoms with Crippen LogP contribution in [0.2, 0.25) is 0 Å². The predicted molar refractivity (Wildman–Crippen MR) is 104 cm³/mol. The Morgan fingerprint density at radius 3 is 2.24 bits per heavy atom. The highest BCUT2D eigenvalue weighted by Gasteiger charge is 2.37. The van der Waals surface area contributed by atoms with Crippen LogP contribution in [0, 0.1) is 0 Å². The summed E-state index contributed by atoms with van der Waals surface area (Å²) in [6, 6.07) is 10.7. The molecule has 0 aromatic heterocycles. The van der Waals surface area contributed by atoms with Gasteiger partial charge in [-0.2, -0.15) is 0 Å². The molecule has 0 radical (unpaired) electrons. The molecular weight excluding hydrogens is 376 g/mol. The number of ether oxygens (including phenoxy) is 2. The quantitative estimate of drug-likeness (QED) is 0.549. The predicted octanol–water partition coefficient (Wildman–Crippen LogP) is 2.13. The lowest BCUT2D eigenvalue weighted by Crippen LogP contribution is -2.29. The number of benzene rings is 2. The molecule has 3 rings (SSSR count). The molecule has 1 heterocycles. The lowest BCUT2D eigenvalue weighted by atomic mass is 10.1. The molecule has 0 spiro atoms. The maximum absolute atomic E-state index is 12.8. The van der Waals surface area contributed by atoms with Crippen LogP contribution in [-0.2, 0) is 9.53 Å². The first kappa shape index (κ1) is 20.1. The number of hydrogen-bond acceptors (Lipinski definition) is 6. The van der Waals surface area contributed by atoms with E-state index in [-0.39, 0.29) is 22.6 Å². The minimum atomic E-state index is -0.747. The standard InChI is InChI=1S/C21H20N2O6/c1-4-28-15-8-6-14(7-9-15)23-19(25)16-10-5-13(11-17(16)20(23)26)21(27)29-12-18(24)22(2)3/h5-11H,4,12H2,1-3H3. The van der Waals surface area contributed by atoms with Crippen LogP contribution >= 0.6 is 0 Å². The van der Waals surface area contributed by atoms with Gasteiger partial charge in [0.25, 0.3) is 17.7 Å². The van der Waals surface area contributed by atoms with Gasteiger partial charge in [0, 0.05) is 14.1 Å². The number of nitrogens with zero attached hydrogens (tertiary/aromatic N) is 2. The zero-order valence-electron chi connectivity index (χ0n) is 16.3. The number of esters is 1. The molecule has 1 aliphatic rings. The second-order valence-corrected chi connectivity index (χ2v) is 6.50. The number of carbonyl (C=O) groups excluding carboxylic acids is 4. The van der Waals surface area contributed by atoms with Crippen LogP contribution in [0.25, 0.3) is 0 Å². The highest BCUT2D eigenvalue weighted by molar-refractivity contribution is 6.34. The number of imide groups is 1. The van der Waals surface area contributed by atoms with E-state index in [4.69, 9.17) is 9.47 Å². The van der Waals surface area contributed by atoms with Gasteiger partial charge in [-0.25, -0.2) is 9.69 Å². The summed E-state index contributed by atoms with van der Waals surface area (Å²) < 4.78 is 10.3. The zero-order valence-corrected chi connectivity index (χ0v) is 16.3. The molecule has 0 saturated heterocycles. The zero-order chi connectivity index (χ0) is 21.1. The van der Waals surface area contributed by atoms with Crippen molar-refractivity contribution in [2.45, 2.75) is 6.92 Å². The van der Waals surface area contributed by atoms with Crippen molar-refractivity contribution >= 4 is 29.4 Å². The lowest BCUT2D eigenvalue weighted by Gasteiger charge is -2.14. The molecule has 1 aliphatic heterocycles. The summed E-state index contributed by atoms with van der Waals surface area (Å²) in [6.45, 7) is 1.95. The first-order chi connectivity index (χ1) is 13.8. The van der Waals surface area contributed by atoms with E-state index in [9.17, 15) is 19.2 Å². The van der Waals surface area contributed by atoms with Gasteiger partial charge in [0.2, 0.25) is 0 Å². The summed E-state index contributed by atoms with van der Waals surface area (Å²) in [5.74, 6) is -1.49. The van der Waals surface area contributed by atoms with Gasteiger partial charge >= 0.3 is 5.97 Å². The Morgan fingerprint density at radius 2 is 1.62 bits per heavy atom. The molecule has 29 heavy (non-hydrogen) atoms. The van der Waals surface area contributed by atoms with Gasteiger partial charge < -0.3 is 14.4 Å². The Morgan fingerprint density at radius 1 is 0.966 bits per heavy atom. The van der Waals surface area contributed by atoms with E-state index in [2.05, 4.69) is 0 Å². The highest BCUT2D eigenvalue weighted by Crippen LogP contribution is 2.30. The van der Waals surface area contributed by atoms with Crippen molar-refractivity contribution in [3.63, 3.8) is 0 Å². The highest BCUT2D eigenvalue weighted by atomic mass is 16.5. The van der Waals surface area contributed by atoms with Gasteiger partial charge in [0.05, 0.1) is 29.0 Å². The third-order valence-electron chi connectivity index (χ3n) is 4.35. The Kier molecular flexibility index (Phi) is 5.63. The van der Waals surface area contributed by atoms with E-state index >= 15 is 0 Å². The molecule has 8 nitrogen and oxygen atoms in total. The molecular formula is C21H20N2O6. The van der Waals surface area contributed by atoms with Crippen molar-refractivity contribution in [2.75, 3.05) is 32.2 Å². The fraction of sp³-hybridized carbons (Fsp3) is 0.238. The second kappa shape index (κ2) is 8.14. The summed E-state index contributed by atoms with van der Waals surface area (Å²) in [6.07, 6.45) is 0. The molecule has 150 valence electrons. The lowest BCUT2D eigenvalue weighted by molar-refractivity contribution is -0.131. The van der Waals surface area contributed by atoms with Crippen molar-refractivity contribution in [1.82, 2.24) is 4.90 Å². The Bertz CT molecular complexity index is 981. The minimum absolute atomic E-state index is 0.0880. The van der Waals surface area contributed by atoms with Gasteiger partial charge in [-0.15, -0.1) is 0 Å². The molecule has 0 saturated carbocycles. The average molecular weight is 396 g/mol. The number of carbonyl (C=O) groups is 4. The van der Waals surface area contributed by atoms with Crippen LogP contribution in [0.3, 0.4) is 0 Å². The first-order valence-corrected chi connectivity index (χ1v) is 8.96. The van der Waals surface area contributed by atoms with E-state index in [1.807, 2.05) is 6.92 Å². The maximum Gasteiger partial charge on any atom is 0.338 e. The number of likely N-dealkylation sites (N-methyl/N-ethyl adjacent to an activating group) is 1. The SMILES string of the molecule is CCOc1ccc(N2C(=O)c3ccc(C(=O)OCC(=O)N(C)C)cc3C2=O)cc1. The van der Waals surface area contributed by atoms with Crippen molar-refractivity contribution in [1.29, 1.82) is 0 Å². The molecule has 0 aliphatic carbocycles. The van der Waals surface area contributed by atoms with Crippen LogP contribution in [-0.4, -0.2) is 55.9 Å². The molecule has 0 atom stereocenters. The average Bonchev–Trinajstić information content (AvgIpc) is 2.96. The molecule has 2 aromatic rings. The molecule has 2 aromatic carbocycles. The summed E-state index contributed by atoms with van der Waals surface area (Å²) in [7, 11) is 3.09. The van der Waals surface area contributed by atoms with Gasteiger partial charge in [0.15, 0.2) is 6.61 Å². The molecule has 0 N–H and O–H groups in total. The van der Waals surface area contributed by atoms with Crippen molar-refractivity contribution in [3.05, 3.63) is 59.2 Å². The minimum Gasteiger partial charge on any atom is -0.494 e. The summed E-state index contributed by atoms with van der Waals surface area (Å²) in [5, 5.41) is 0. The van der Waals surface area contributed by atoms with E-state index in [1.54, 1.807) is 38.4 Å². The van der Waals surface area contributed by atoms with Crippen LogP contribution in [0.5, 0.6) is 5.75 Å².